The lowest BCUT2D eigenvalue weighted by Gasteiger charge is -2.12. The average Bonchev–Trinajstić information content (AvgIpc) is 2.22. The number of ether oxygens (including phenoxy) is 1. The fraction of sp³-hybridized carbons (Fsp3) is 0.818. The Balaban J connectivity index is 3.85. The van der Waals surface area contributed by atoms with Gasteiger partial charge in [0.15, 0.2) is 0 Å². The molecule has 0 spiro atoms. The lowest BCUT2D eigenvalue weighted by atomic mass is 9.97. The molecule has 0 aliphatic rings. The molecule has 0 rings (SSSR count). The zero-order valence-corrected chi connectivity index (χ0v) is 9.08. The van der Waals surface area contributed by atoms with E-state index in [1.165, 1.54) is 7.11 Å². The predicted octanol–water partition coefficient (Wildman–Crippen LogP) is 2.66. The van der Waals surface area contributed by atoms with E-state index in [-0.39, 0.29) is 11.9 Å². The van der Waals surface area contributed by atoms with Gasteiger partial charge in [-0.15, -0.1) is 0 Å². The molecule has 0 bridgehead atoms. The van der Waals surface area contributed by atoms with E-state index in [0.717, 1.165) is 25.7 Å². The van der Waals surface area contributed by atoms with Crippen molar-refractivity contribution in [1.29, 1.82) is 5.26 Å². The van der Waals surface area contributed by atoms with E-state index in [1.807, 2.05) is 0 Å². The van der Waals surface area contributed by atoms with Crippen LogP contribution < -0.4 is 0 Å². The lowest BCUT2D eigenvalue weighted by molar-refractivity contribution is -0.145. The van der Waals surface area contributed by atoms with E-state index in [9.17, 15) is 4.79 Å². The first-order chi connectivity index (χ1) is 6.76. The summed E-state index contributed by atoms with van der Waals surface area (Å²) in [4.78, 5) is 11.3. The number of nitrogens with zero attached hydrogens (tertiary/aromatic N) is 1. The largest absolute Gasteiger partial charge is 0.469 e. The Hall–Kier alpha value is -1.04. The number of carbonyl (C=O) groups excluding carboxylic acids is 1. The summed E-state index contributed by atoms with van der Waals surface area (Å²) in [7, 11) is 1.40. The zero-order chi connectivity index (χ0) is 10.8. The second-order valence-corrected chi connectivity index (χ2v) is 3.41. The molecule has 0 fully saturated rings. The second kappa shape index (κ2) is 8.55. The van der Waals surface area contributed by atoms with Crippen molar-refractivity contribution >= 4 is 5.97 Å². The first-order valence-corrected chi connectivity index (χ1v) is 5.21. The predicted molar refractivity (Wildman–Crippen MR) is 54.5 cm³/mol. The van der Waals surface area contributed by atoms with Gasteiger partial charge in [0.25, 0.3) is 0 Å². The van der Waals surface area contributed by atoms with Gasteiger partial charge in [0.05, 0.1) is 19.1 Å². The molecule has 14 heavy (non-hydrogen) atoms. The number of hydrogen-bond acceptors (Lipinski definition) is 3. The van der Waals surface area contributed by atoms with E-state index in [0.29, 0.717) is 12.8 Å². The van der Waals surface area contributed by atoms with Crippen molar-refractivity contribution in [1.82, 2.24) is 0 Å². The number of hydrogen-bond donors (Lipinski definition) is 0. The monoisotopic (exact) mass is 197 g/mol. The van der Waals surface area contributed by atoms with Crippen LogP contribution in [0.4, 0.5) is 0 Å². The molecule has 0 aromatic carbocycles. The Bertz CT molecular complexity index is 196. The van der Waals surface area contributed by atoms with Gasteiger partial charge in [0.1, 0.15) is 0 Å². The standard InChI is InChI=1S/C11H19NO2/c1-3-4-5-7-10(8-6-9-12)11(13)14-2/h10H,3-8H2,1-2H3. The highest BCUT2D eigenvalue weighted by Crippen LogP contribution is 2.16. The SMILES string of the molecule is CCCCCC(CCC#N)C(=O)OC. The summed E-state index contributed by atoms with van der Waals surface area (Å²) in [6.07, 6.45) is 5.24. The van der Waals surface area contributed by atoms with Crippen LogP contribution in [0.2, 0.25) is 0 Å². The second-order valence-electron chi connectivity index (χ2n) is 3.41. The smallest absolute Gasteiger partial charge is 0.308 e. The van der Waals surface area contributed by atoms with E-state index in [4.69, 9.17) is 10.00 Å². The Morgan fingerprint density at radius 1 is 1.43 bits per heavy atom. The van der Waals surface area contributed by atoms with E-state index in [2.05, 4.69) is 13.0 Å². The van der Waals surface area contributed by atoms with Crippen molar-refractivity contribution < 1.29 is 9.53 Å². The first-order valence-electron chi connectivity index (χ1n) is 5.21. The van der Waals surface area contributed by atoms with Crippen LogP contribution in [0.25, 0.3) is 0 Å². The van der Waals surface area contributed by atoms with Crippen LogP contribution in [-0.4, -0.2) is 13.1 Å². The third kappa shape index (κ3) is 5.58. The lowest BCUT2D eigenvalue weighted by Crippen LogP contribution is -2.16. The highest BCUT2D eigenvalue weighted by Gasteiger charge is 2.17. The van der Waals surface area contributed by atoms with Crippen molar-refractivity contribution in [3.8, 4) is 6.07 Å². The van der Waals surface area contributed by atoms with Gasteiger partial charge in [-0.1, -0.05) is 26.2 Å². The molecule has 80 valence electrons. The fourth-order valence-corrected chi connectivity index (χ4v) is 1.43. The number of unbranched alkanes of at least 4 members (excludes halogenated alkanes) is 2. The van der Waals surface area contributed by atoms with Crippen molar-refractivity contribution in [2.45, 2.75) is 45.4 Å². The Morgan fingerprint density at radius 2 is 2.14 bits per heavy atom. The molecular weight excluding hydrogens is 178 g/mol. The molecule has 0 aromatic rings. The molecule has 0 aliphatic carbocycles. The molecule has 0 saturated heterocycles. The van der Waals surface area contributed by atoms with Crippen LogP contribution in [0.15, 0.2) is 0 Å². The Kier molecular flexibility index (Phi) is 7.92. The number of nitriles is 1. The van der Waals surface area contributed by atoms with Crippen molar-refractivity contribution in [3.05, 3.63) is 0 Å². The van der Waals surface area contributed by atoms with Crippen LogP contribution in [-0.2, 0) is 9.53 Å². The van der Waals surface area contributed by atoms with Crippen LogP contribution in [0.3, 0.4) is 0 Å². The van der Waals surface area contributed by atoms with Crippen molar-refractivity contribution in [2.75, 3.05) is 7.11 Å². The van der Waals surface area contributed by atoms with Gasteiger partial charge in [-0.05, 0) is 12.8 Å². The maximum atomic E-state index is 11.3. The molecule has 0 aromatic heterocycles. The minimum atomic E-state index is -0.170. The van der Waals surface area contributed by atoms with Gasteiger partial charge in [-0.25, -0.2) is 0 Å². The fourth-order valence-electron chi connectivity index (χ4n) is 1.43. The Morgan fingerprint density at radius 3 is 2.64 bits per heavy atom. The summed E-state index contributed by atoms with van der Waals surface area (Å²) < 4.78 is 4.69. The minimum absolute atomic E-state index is 0.0776. The number of methoxy groups -OCH3 is 1. The summed E-state index contributed by atoms with van der Waals surface area (Å²) in [5, 5.41) is 8.44. The summed E-state index contributed by atoms with van der Waals surface area (Å²) in [6, 6.07) is 2.06. The van der Waals surface area contributed by atoms with Gasteiger partial charge in [-0.3, -0.25) is 4.79 Å². The molecule has 0 heterocycles. The number of esters is 1. The van der Waals surface area contributed by atoms with Crippen molar-refractivity contribution in [3.63, 3.8) is 0 Å². The summed E-state index contributed by atoms with van der Waals surface area (Å²) in [5.74, 6) is -0.248. The molecule has 1 atom stereocenters. The minimum Gasteiger partial charge on any atom is -0.469 e. The first kappa shape index (κ1) is 13.0. The van der Waals surface area contributed by atoms with Crippen LogP contribution in [0, 0.1) is 17.2 Å². The molecule has 0 amide bonds. The Labute approximate surface area is 86.1 Å². The molecular formula is C11H19NO2. The maximum absolute atomic E-state index is 11.3. The number of carbonyl (C=O) groups is 1. The van der Waals surface area contributed by atoms with Gasteiger partial charge in [0.2, 0.25) is 0 Å². The van der Waals surface area contributed by atoms with Gasteiger partial charge >= 0.3 is 5.97 Å². The normalized spacial score (nSPS) is 11.8. The van der Waals surface area contributed by atoms with E-state index in [1.54, 1.807) is 0 Å². The van der Waals surface area contributed by atoms with Gasteiger partial charge in [-0.2, -0.15) is 5.26 Å². The van der Waals surface area contributed by atoms with E-state index < -0.39 is 0 Å². The van der Waals surface area contributed by atoms with Crippen LogP contribution in [0.5, 0.6) is 0 Å². The highest BCUT2D eigenvalue weighted by molar-refractivity contribution is 5.72. The van der Waals surface area contributed by atoms with Crippen LogP contribution >= 0.6 is 0 Å². The van der Waals surface area contributed by atoms with E-state index >= 15 is 0 Å². The molecule has 3 nitrogen and oxygen atoms in total. The zero-order valence-electron chi connectivity index (χ0n) is 9.08. The van der Waals surface area contributed by atoms with Gasteiger partial charge < -0.3 is 4.74 Å². The van der Waals surface area contributed by atoms with Gasteiger partial charge in [0, 0.05) is 6.42 Å². The topological polar surface area (TPSA) is 50.1 Å². The molecule has 1 unspecified atom stereocenters. The summed E-state index contributed by atoms with van der Waals surface area (Å²) in [5.41, 5.74) is 0. The third-order valence-electron chi connectivity index (χ3n) is 2.30. The maximum Gasteiger partial charge on any atom is 0.308 e. The summed E-state index contributed by atoms with van der Waals surface area (Å²) in [6.45, 7) is 2.13. The molecule has 0 saturated carbocycles. The average molecular weight is 197 g/mol. The van der Waals surface area contributed by atoms with Crippen LogP contribution in [0.1, 0.15) is 45.4 Å². The quantitative estimate of drug-likeness (QED) is 0.465. The molecule has 0 aliphatic heterocycles. The molecule has 0 N–H and O–H groups in total. The number of rotatable bonds is 7. The third-order valence-corrected chi connectivity index (χ3v) is 2.30. The summed E-state index contributed by atoms with van der Waals surface area (Å²) >= 11 is 0. The highest BCUT2D eigenvalue weighted by atomic mass is 16.5. The molecule has 3 heteroatoms. The van der Waals surface area contributed by atoms with Crippen molar-refractivity contribution in [2.24, 2.45) is 5.92 Å². The molecule has 0 radical (unpaired) electrons.